The predicted molar refractivity (Wildman–Crippen MR) is 128 cm³/mol. The highest BCUT2D eigenvalue weighted by Gasteiger charge is 2.33. The molecule has 0 N–H and O–H groups in total. The summed E-state index contributed by atoms with van der Waals surface area (Å²) in [6.45, 7) is 3.39. The molecular weight excluding hydrogens is 489 g/mol. The van der Waals surface area contributed by atoms with E-state index in [4.69, 9.17) is 14.5 Å². The van der Waals surface area contributed by atoms with E-state index in [-0.39, 0.29) is 23.7 Å². The van der Waals surface area contributed by atoms with Crippen LogP contribution >= 0.6 is 0 Å². The Balaban J connectivity index is 1.57. The van der Waals surface area contributed by atoms with Crippen molar-refractivity contribution in [2.75, 3.05) is 44.9 Å². The molecular formula is C25H29F3N6O3. The van der Waals surface area contributed by atoms with Gasteiger partial charge in [-0.25, -0.2) is 4.98 Å². The summed E-state index contributed by atoms with van der Waals surface area (Å²) in [5.74, 6) is 0.815. The zero-order valence-corrected chi connectivity index (χ0v) is 20.8. The van der Waals surface area contributed by atoms with Crippen LogP contribution in [0.1, 0.15) is 49.8 Å². The largest absolute Gasteiger partial charge is 0.476 e. The molecule has 1 saturated heterocycles. The minimum atomic E-state index is -4.33. The molecule has 4 rings (SSSR count). The van der Waals surface area contributed by atoms with E-state index in [0.29, 0.717) is 55.2 Å². The second kappa shape index (κ2) is 11.3. The van der Waals surface area contributed by atoms with Crippen molar-refractivity contribution in [1.82, 2.24) is 20.1 Å². The van der Waals surface area contributed by atoms with Crippen LogP contribution in [0.15, 0.2) is 18.3 Å². The molecule has 1 atom stereocenters. The number of halogens is 3. The molecule has 9 nitrogen and oxygen atoms in total. The minimum absolute atomic E-state index is 0.0193. The molecule has 2 fully saturated rings. The van der Waals surface area contributed by atoms with E-state index >= 15 is 0 Å². The second-order valence-electron chi connectivity index (χ2n) is 9.30. The Bertz CT molecular complexity index is 1170. The van der Waals surface area contributed by atoms with Gasteiger partial charge in [0.25, 0.3) is 0 Å². The van der Waals surface area contributed by atoms with E-state index < -0.39 is 19.2 Å². The first-order valence-electron chi connectivity index (χ1n) is 12.2. The van der Waals surface area contributed by atoms with Gasteiger partial charge in [0.05, 0.1) is 43.5 Å². The molecule has 1 saturated carbocycles. The SMILES string of the molecule is COCCC(=O)N1CCN(c2nc(C3CC3)c(-c3cnnc(OCCC(F)(F)F)c3)cc2C#N)CC1C. The van der Waals surface area contributed by atoms with Gasteiger partial charge in [-0.1, -0.05) is 0 Å². The molecule has 0 radical (unpaired) electrons. The third-order valence-electron chi connectivity index (χ3n) is 6.46. The third kappa shape index (κ3) is 6.65. The van der Waals surface area contributed by atoms with E-state index in [2.05, 4.69) is 16.3 Å². The number of rotatable bonds is 9. The van der Waals surface area contributed by atoms with Gasteiger partial charge in [-0.15, -0.1) is 5.10 Å². The summed E-state index contributed by atoms with van der Waals surface area (Å²) >= 11 is 0. The monoisotopic (exact) mass is 518 g/mol. The Morgan fingerprint density at radius 2 is 2.03 bits per heavy atom. The van der Waals surface area contributed by atoms with Crippen LogP contribution in [0.3, 0.4) is 0 Å². The first-order chi connectivity index (χ1) is 17.7. The molecule has 0 bridgehead atoms. The molecule has 12 heteroatoms. The fourth-order valence-corrected chi connectivity index (χ4v) is 4.43. The molecule has 198 valence electrons. The summed E-state index contributed by atoms with van der Waals surface area (Å²) in [4.78, 5) is 21.3. The zero-order chi connectivity index (χ0) is 26.6. The summed E-state index contributed by atoms with van der Waals surface area (Å²) in [5, 5.41) is 17.6. The van der Waals surface area contributed by atoms with Crippen molar-refractivity contribution < 1.29 is 27.4 Å². The number of alkyl halides is 3. The third-order valence-corrected chi connectivity index (χ3v) is 6.46. The van der Waals surface area contributed by atoms with E-state index in [1.54, 1.807) is 13.2 Å². The number of carbonyl (C=O) groups excluding carboxylic acids is 1. The Morgan fingerprint density at radius 1 is 1.24 bits per heavy atom. The summed E-state index contributed by atoms with van der Waals surface area (Å²) in [5.41, 5.74) is 2.47. The molecule has 2 aromatic rings. The van der Waals surface area contributed by atoms with Gasteiger partial charge in [-0.3, -0.25) is 4.79 Å². The molecule has 0 spiro atoms. The Labute approximate surface area is 213 Å². The number of ether oxygens (including phenoxy) is 2. The number of anilines is 1. The summed E-state index contributed by atoms with van der Waals surface area (Å²) < 4.78 is 47.6. The van der Waals surface area contributed by atoms with Crippen LogP contribution in [0.4, 0.5) is 19.0 Å². The smallest absolute Gasteiger partial charge is 0.392 e. The maximum Gasteiger partial charge on any atom is 0.392 e. The fraction of sp³-hybridized carbons (Fsp3) is 0.560. The predicted octanol–water partition coefficient (Wildman–Crippen LogP) is 3.69. The van der Waals surface area contributed by atoms with Gasteiger partial charge in [-0.2, -0.15) is 23.5 Å². The number of nitrogens with zero attached hydrogens (tertiary/aromatic N) is 6. The van der Waals surface area contributed by atoms with E-state index in [9.17, 15) is 23.2 Å². The van der Waals surface area contributed by atoms with Crippen LogP contribution in [0, 0.1) is 11.3 Å². The highest BCUT2D eigenvalue weighted by Crippen LogP contribution is 2.45. The quantitative estimate of drug-likeness (QED) is 0.495. The lowest BCUT2D eigenvalue weighted by atomic mass is 10.0. The van der Waals surface area contributed by atoms with Crippen LogP contribution in [-0.4, -0.2) is 78.2 Å². The molecule has 1 amide bonds. The number of amides is 1. The Morgan fingerprint density at radius 3 is 2.68 bits per heavy atom. The maximum absolute atomic E-state index is 12.5. The summed E-state index contributed by atoms with van der Waals surface area (Å²) in [6, 6.07) is 5.46. The lowest BCUT2D eigenvalue weighted by molar-refractivity contribution is -0.139. The van der Waals surface area contributed by atoms with Crippen molar-refractivity contribution >= 4 is 11.7 Å². The van der Waals surface area contributed by atoms with Gasteiger partial charge in [-0.05, 0) is 25.8 Å². The Kier molecular flexibility index (Phi) is 8.12. The topological polar surface area (TPSA) is 104 Å². The van der Waals surface area contributed by atoms with Crippen molar-refractivity contribution in [2.24, 2.45) is 0 Å². The highest BCUT2D eigenvalue weighted by atomic mass is 19.4. The first-order valence-corrected chi connectivity index (χ1v) is 12.2. The molecule has 2 aliphatic rings. The average molecular weight is 519 g/mol. The number of nitriles is 1. The standard InChI is InChI=1S/C25H29F3N6O3/c1-16-15-33(7-8-34(16)22(35)5-9-36-2)24-18(13-29)11-20(23(31-24)17-3-4-17)19-12-21(32-30-14-19)37-10-6-25(26,27)28/h11-12,14,16-17H,3-10,15H2,1-2H3. The van der Waals surface area contributed by atoms with Crippen molar-refractivity contribution in [3.05, 3.63) is 29.6 Å². The van der Waals surface area contributed by atoms with E-state index in [1.165, 1.54) is 12.3 Å². The molecule has 3 heterocycles. The second-order valence-corrected chi connectivity index (χ2v) is 9.30. The normalized spacial score (nSPS) is 18.0. The number of piperazine rings is 1. The fourth-order valence-electron chi connectivity index (χ4n) is 4.43. The molecule has 2 aromatic heterocycles. The van der Waals surface area contributed by atoms with Gasteiger partial charge in [0, 0.05) is 55.9 Å². The van der Waals surface area contributed by atoms with E-state index in [0.717, 1.165) is 18.5 Å². The number of hydrogen-bond donors (Lipinski definition) is 0. The number of carbonyl (C=O) groups is 1. The van der Waals surface area contributed by atoms with Crippen LogP contribution < -0.4 is 9.64 Å². The number of aromatic nitrogens is 3. The van der Waals surface area contributed by atoms with Crippen molar-refractivity contribution in [3.63, 3.8) is 0 Å². The number of hydrogen-bond acceptors (Lipinski definition) is 8. The first kappa shape index (κ1) is 26.6. The lowest BCUT2D eigenvalue weighted by Gasteiger charge is -2.41. The van der Waals surface area contributed by atoms with Gasteiger partial charge in [0.1, 0.15) is 11.9 Å². The van der Waals surface area contributed by atoms with Gasteiger partial charge in [0.15, 0.2) is 0 Å². The van der Waals surface area contributed by atoms with Crippen molar-refractivity contribution in [2.45, 2.75) is 50.7 Å². The molecule has 37 heavy (non-hydrogen) atoms. The number of pyridine rings is 1. The highest BCUT2D eigenvalue weighted by molar-refractivity contribution is 5.77. The van der Waals surface area contributed by atoms with Crippen molar-refractivity contribution in [3.8, 4) is 23.1 Å². The summed E-state index contributed by atoms with van der Waals surface area (Å²) in [7, 11) is 1.56. The van der Waals surface area contributed by atoms with Crippen LogP contribution in [0.2, 0.25) is 0 Å². The van der Waals surface area contributed by atoms with Crippen LogP contribution in [0.5, 0.6) is 5.88 Å². The molecule has 0 aromatic carbocycles. The van der Waals surface area contributed by atoms with E-state index in [1.807, 2.05) is 16.7 Å². The summed E-state index contributed by atoms with van der Waals surface area (Å²) in [6.07, 6.45) is -1.69. The average Bonchev–Trinajstić information content (AvgIpc) is 3.71. The van der Waals surface area contributed by atoms with Crippen LogP contribution in [0.25, 0.3) is 11.1 Å². The molecule has 1 aliphatic carbocycles. The molecule has 1 aliphatic heterocycles. The van der Waals surface area contributed by atoms with Gasteiger partial charge < -0.3 is 19.3 Å². The zero-order valence-electron chi connectivity index (χ0n) is 20.8. The van der Waals surface area contributed by atoms with Gasteiger partial charge >= 0.3 is 6.18 Å². The maximum atomic E-state index is 12.5. The Hall–Kier alpha value is -3.46. The number of methoxy groups -OCH3 is 1. The minimum Gasteiger partial charge on any atom is -0.476 e. The van der Waals surface area contributed by atoms with Gasteiger partial charge in [0.2, 0.25) is 11.8 Å². The van der Waals surface area contributed by atoms with Crippen LogP contribution in [-0.2, 0) is 9.53 Å². The molecule has 1 unspecified atom stereocenters. The lowest BCUT2D eigenvalue weighted by Crippen LogP contribution is -2.54. The van der Waals surface area contributed by atoms with Crippen molar-refractivity contribution in [1.29, 1.82) is 5.26 Å².